The Hall–Kier alpha value is -5.96. The standard InChI is InChI=1S/C38H55NO2S.C25H40OS.C19H28.C13H15NO.C2H6OS.Al.B.HN/c1-9-32(18-13-12-16-24-38(8,10-2)34-20-14-11-15-21-34)28-31(5)23-26-42-27-25-41-36(40)39-37(6,7)35-22-17-19-33(29-35)30(3)4;1-5-23(21-22(3)16-19-27-20-18-26)13-9-8-12-17-25(4,6-2)24-14-10-7-11-15-24;1-5-17(3)13-9-8-12-16-19(4,6-2)18-14-10-7-11-15-18;1-10(2)11-6-5-7-12(8-11)13(3,4)14-9-15;3-1-2-4;;;/h9,11-12,14-17,19-22,29,31-32H,1,3,10,13,18,23-28H2,2,4-8H3,(H,39,40);5,7-8,10-12,14-15,22-23,26H,1,6,9,13,16-21H2,2-4H3;5,7-8,10-12,14-15,17H,1,6,9,13,16H2,2-4H3;5-8H,1H2,2-4H3;3-4H,1-2H2;;;1H. The quantitative estimate of drug-likeness (QED) is 0.00655. The summed E-state index contributed by atoms with van der Waals surface area (Å²) in [5.74, 6) is 7.62. The molecule has 8 atom stereocenters. The second-order valence-electron chi connectivity index (χ2n) is 30.8. The van der Waals surface area contributed by atoms with Gasteiger partial charge in [0, 0.05) is 25.7 Å². The number of benzene rings is 5. The molecule has 13 heteroatoms. The average molecular weight is 1570 g/mol. The number of thiol groups is 1. The molecule has 1 amide bonds. The number of carbonyl (C=O) groups is 1. The number of alkyl carbamates (subject to hydrolysis) is 1. The van der Waals surface area contributed by atoms with E-state index in [1.165, 1.54) is 55.2 Å². The second-order valence-corrected chi connectivity index (χ2v) is 33.7. The zero-order valence-corrected chi connectivity index (χ0v) is 74.5. The van der Waals surface area contributed by atoms with E-state index in [4.69, 9.17) is 19.3 Å². The summed E-state index contributed by atoms with van der Waals surface area (Å²) in [4.78, 5) is 26.5. The molecule has 0 aliphatic rings. The van der Waals surface area contributed by atoms with Crippen LogP contribution in [0.15, 0.2) is 232 Å². The van der Waals surface area contributed by atoms with Crippen molar-refractivity contribution in [1.29, 1.82) is 4.35 Å². The third kappa shape index (κ3) is 45.7. The summed E-state index contributed by atoms with van der Waals surface area (Å²) in [6.45, 7) is 53.3. The Balaban J connectivity index is 0. The number of aliphatic hydroxyl groups is 2. The first kappa shape index (κ1) is 106. The Bertz CT molecular complexity index is 3410. The van der Waals surface area contributed by atoms with Crippen LogP contribution < -0.4 is 5.32 Å². The molecule has 4 radical (unpaired) electrons. The first-order chi connectivity index (χ1) is 52.1. The fraction of sp³-hybridized carbons (Fsp3) is 0.505. The van der Waals surface area contributed by atoms with Crippen LogP contribution in [0.1, 0.15) is 246 Å². The average Bonchev–Trinajstić information content (AvgIpc) is 0.848. The van der Waals surface area contributed by atoms with Gasteiger partial charge in [0.25, 0.3) is 0 Å². The van der Waals surface area contributed by atoms with Crippen LogP contribution in [0.3, 0.4) is 0 Å². The van der Waals surface area contributed by atoms with Crippen molar-refractivity contribution < 1.29 is 24.5 Å². The maximum absolute atomic E-state index is 12.4. The predicted octanol–water partition coefficient (Wildman–Crippen LogP) is 26.4. The minimum absolute atomic E-state index is 0. The van der Waals surface area contributed by atoms with E-state index in [1.54, 1.807) is 22.2 Å². The number of hydrogen-bond donors (Lipinski definition) is 5. The Morgan fingerprint density at radius 1 is 0.545 bits per heavy atom. The van der Waals surface area contributed by atoms with E-state index in [0.29, 0.717) is 42.6 Å². The van der Waals surface area contributed by atoms with Crippen LogP contribution in [0.25, 0.3) is 11.1 Å². The first-order valence-electron chi connectivity index (χ1n) is 39.9. The van der Waals surface area contributed by atoms with E-state index in [1.807, 2.05) is 114 Å². The molecular weight excluding hydrogens is 1420 g/mol. The summed E-state index contributed by atoms with van der Waals surface area (Å²) in [5, 5.41) is 19.6. The molecule has 8 unspecified atom stereocenters. The van der Waals surface area contributed by atoms with Crippen molar-refractivity contribution in [2.24, 2.45) is 34.6 Å². The van der Waals surface area contributed by atoms with Crippen molar-refractivity contribution in [1.82, 2.24) is 5.32 Å². The molecule has 0 heterocycles. The zero-order valence-electron chi connectivity index (χ0n) is 70.9. The van der Waals surface area contributed by atoms with E-state index >= 15 is 0 Å². The van der Waals surface area contributed by atoms with Crippen molar-refractivity contribution in [3.05, 3.63) is 266 Å². The molecular formula is C97H145AlBN3O5S3. The van der Waals surface area contributed by atoms with E-state index in [9.17, 15) is 9.59 Å². The fourth-order valence-corrected chi connectivity index (χ4v) is 14.1. The molecule has 5 aromatic rings. The van der Waals surface area contributed by atoms with Gasteiger partial charge in [0.05, 0.1) is 24.3 Å². The summed E-state index contributed by atoms with van der Waals surface area (Å²) < 4.78 is 11.1. The van der Waals surface area contributed by atoms with E-state index < -0.39 is 11.1 Å². The molecule has 110 heavy (non-hydrogen) atoms. The molecule has 602 valence electrons. The molecule has 5 rings (SSSR count). The molecule has 0 aliphatic heterocycles. The van der Waals surface area contributed by atoms with Crippen LogP contribution >= 0.6 is 36.2 Å². The number of allylic oxidation sites excluding steroid dienone is 11. The number of hydrogen-bond acceptors (Lipinski definition) is 10. The predicted molar refractivity (Wildman–Crippen MR) is 493 cm³/mol. The third-order valence-corrected chi connectivity index (χ3v) is 23.0. The van der Waals surface area contributed by atoms with Gasteiger partial charge >= 0.3 is 26.5 Å². The monoisotopic (exact) mass is 1570 g/mol. The number of aliphatic imine (C=N–C) groups is 1. The van der Waals surface area contributed by atoms with Gasteiger partial charge in [-0.15, -0.1) is 19.7 Å². The molecule has 0 aliphatic carbocycles. The number of nitrogens with one attached hydrogen (secondary N) is 2. The first-order valence-corrected chi connectivity index (χ1v) is 43.4. The van der Waals surface area contributed by atoms with Crippen molar-refractivity contribution in [3.8, 4) is 0 Å². The Kier molecular flexibility index (Phi) is 60.3. The van der Waals surface area contributed by atoms with E-state index in [2.05, 4.69) is 264 Å². The molecule has 0 fully saturated rings. The van der Waals surface area contributed by atoms with Gasteiger partial charge in [-0.3, -0.25) is 0 Å². The number of isocyanates is 1. The SMILES string of the molecule is C=C(C)c1cccc(C(C)(C)N=C=O)c1.C=CC(C)CCC=CCC(C)(CC)c1ccccc1.C=CC(CCC=CCC(C)(CC)c1ccccc1)CC(C)CCSCCO.C=CC(CCC=CCC(C)(CC)c1ccccc1)CC(C)CCSCCOC(=O)NC(C)(C)c1cccc(C(=C)C)c1.OCCS.[B].[NH]=[Al]. The number of ether oxygens (including phenoxy) is 1. The van der Waals surface area contributed by atoms with E-state index in [-0.39, 0.29) is 37.4 Å². The zero-order chi connectivity index (χ0) is 82.0. The van der Waals surface area contributed by atoms with Crippen molar-refractivity contribution in [2.75, 3.05) is 48.6 Å². The molecule has 0 aromatic heterocycles. The summed E-state index contributed by atoms with van der Waals surface area (Å²) in [6, 6.07) is 48.6. The molecule has 0 spiro atoms. The minimum atomic E-state index is -0.527. The van der Waals surface area contributed by atoms with Gasteiger partial charge < -0.3 is 20.3 Å². The van der Waals surface area contributed by atoms with Crippen LogP contribution in [0.5, 0.6) is 0 Å². The van der Waals surface area contributed by atoms with Crippen LogP contribution in [-0.4, -0.2) is 95.5 Å². The third-order valence-electron chi connectivity index (χ3n) is 20.8. The summed E-state index contributed by atoms with van der Waals surface area (Å²) in [7, 11) is 0. The maximum atomic E-state index is 12.4. The molecule has 8 nitrogen and oxygen atoms in total. The van der Waals surface area contributed by atoms with Gasteiger partial charge in [-0.2, -0.15) is 41.1 Å². The number of thioether (sulfide) groups is 2. The topological polar surface area (TPSA) is 132 Å². The summed E-state index contributed by atoms with van der Waals surface area (Å²) >= 11 is 9.05. The Morgan fingerprint density at radius 3 is 1.25 bits per heavy atom. The van der Waals surface area contributed by atoms with Gasteiger partial charge in [-0.25, -0.2) is 9.59 Å². The van der Waals surface area contributed by atoms with Crippen LogP contribution in [0, 0.1) is 33.9 Å². The van der Waals surface area contributed by atoms with Crippen LogP contribution in [-0.2, 0) is 36.9 Å². The van der Waals surface area contributed by atoms with Crippen molar-refractivity contribution in [3.63, 3.8) is 0 Å². The summed E-state index contributed by atoms with van der Waals surface area (Å²) in [6.07, 6.45) is 40.2. The van der Waals surface area contributed by atoms with Crippen molar-refractivity contribution in [2.45, 2.75) is 234 Å². The van der Waals surface area contributed by atoms with Gasteiger partial charge in [-0.1, -0.05) is 269 Å². The van der Waals surface area contributed by atoms with E-state index in [0.717, 1.165) is 127 Å². The molecule has 0 saturated carbocycles. The fourth-order valence-electron chi connectivity index (χ4n) is 12.2. The van der Waals surface area contributed by atoms with Gasteiger partial charge in [-0.05, 0) is 253 Å². The van der Waals surface area contributed by atoms with Crippen molar-refractivity contribution >= 4 is 84.0 Å². The van der Waals surface area contributed by atoms with Gasteiger partial charge in [0.15, 0.2) is 0 Å². The number of rotatable bonds is 46. The Labute approximate surface area is 696 Å². The molecule has 4 N–H and O–H groups in total. The van der Waals surface area contributed by atoms with Crippen LogP contribution in [0.4, 0.5) is 4.79 Å². The molecule has 5 aromatic carbocycles. The second kappa shape index (κ2) is 62.5. The van der Waals surface area contributed by atoms with Crippen LogP contribution in [0.2, 0.25) is 0 Å². The number of nitrogens with zero attached hydrogens (tertiary/aromatic N) is 1. The molecule has 0 bridgehead atoms. The number of carbonyl (C=O) groups excluding carboxylic acids is 2. The van der Waals surface area contributed by atoms with Gasteiger partial charge in [0.1, 0.15) is 6.61 Å². The normalized spacial score (nSPS) is 14.1. The molecule has 0 saturated heterocycles. The number of amides is 1. The van der Waals surface area contributed by atoms with Gasteiger partial charge in [0.2, 0.25) is 6.08 Å². The Morgan fingerprint density at radius 2 is 0.909 bits per heavy atom. The number of aliphatic hydroxyl groups excluding tert-OH is 2. The summed E-state index contributed by atoms with van der Waals surface area (Å²) in [5.41, 5.74) is 10.1.